The summed E-state index contributed by atoms with van der Waals surface area (Å²) in [5.74, 6) is 0. The van der Waals surface area contributed by atoms with Crippen LogP contribution in [0.2, 0.25) is 5.71 Å². The Kier molecular flexibility index (Phi) is 2.59. The Bertz CT molecular complexity index is 384. The average molecular weight is 245 g/mol. The van der Waals surface area contributed by atoms with Crippen molar-refractivity contribution in [3.8, 4) is 0 Å². The Morgan fingerprint density at radius 3 is 2.62 bits per heavy atom. The maximum absolute atomic E-state index is 11.2. The predicted molar refractivity (Wildman–Crippen MR) is 47.3 cm³/mol. The molecule has 0 radical (unpaired) electrons. The van der Waals surface area contributed by atoms with Gasteiger partial charge in [0.05, 0.1) is 0 Å². The number of nitrogens with zero attached hydrogens (tertiary/aromatic N) is 1. The molecule has 0 heterocycles. The third-order valence-electron chi connectivity index (χ3n) is 1.52. The third-order valence-corrected chi connectivity index (χ3v) is 4.11. The van der Waals surface area contributed by atoms with Gasteiger partial charge >= 0.3 is 76.7 Å². The van der Waals surface area contributed by atoms with Crippen molar-refractivity contribution in [2.24, 2.45) is 0 Å². The molecule has 1 atom stereocenters. The van der Waals surface area contributed by atoms with Gasteiger partial charge in [-0.15, -0.1) is 0 Å². The number of hydrogen-bond acceptors (Lipinski definition) is 3. The molecule has 0 aliphatic carbocycles. The summed E-state index contributed by atoms with van der Waals surface area (Å²) >= 11 is -3.99. The van der Waals surface area contributed by atoms with Crippen LogP contribution in [0, 0.1) is 10.1 Å². The first-order valence-corrected chi connectivity index (χ1v) is 7.88. The van der Waals surface area contributed by atoms with Crippen LogP contribution in [0.3, 0.4) is 0 Å². The summed E-state index contributed by atoms with van der Waals surface area (Å²) in [4.78, 5) is 9.73. The number of nitro groups is 1. The van der Waals surface area contributed by atoms with E-state index in [9.17, 15) is 17.9 Å². The molecule has 6 heteroatoms. The Balaban J connectivity index is 3.21. The third kappa shape index (κ3) is 2.44. The van der Waals surface area contributed by atoms with Gasteiger partial charge in [-0.3, -0.25) is 0 Å². The van der Waals surface area contributed by atoms with Crippen LogP contribution >= 0.6 is 0 Å². The summed E-state index contributed by atoms with van der Waals surface area (Å²) in [7, 11) is 0. The molecule has 1 aromatic carbocycles. The Hall–Kier alpha value is -1.06. The summed E-state index contributed by atoms with van der Waals surface area (Å²) in [5.41, 5.74) is 1.05. The van der Waals surface area contributed by atoms with Crippen LogP contribution in [0.4, 0.5) is 5.69 Å². The Morgan fingerprint density at radius 1 is 1.54 bits per heavy atom. The first-order valence-electron chi connectivity index (χ1n) is 3.46. The molecule has 5 nitrogen and oxygen atoms in total. The summed E-state index contributed by atoms with van der Waals surface area (Å²) in [6.07, 6.45) is 0. The summed E-state index contributed by atoms with van der Waals surface area (Å²) < 4.78 is 20.5. The van der Waals surface area contributed by atoms with Gasteiger partial charge in [-0.25, -0.2) is 0 Å². The summed E-state index contributed by atoms with van der Waals surface area (Å²) in [6, 6.07) is 5.25. The van der Waals surface area contributed by atoms with Crippen molar-refractivity contribution in [1.82, 2.24) is 0 Å². The standard InChI is InChI=1S/C7H8AsNO4/c1-8(10,11)6-3-2-4-7(5-6)9(12)13/h2-5H,1H3,(H,10,11). The normalized spacial score (nSPS) is 14.9. The molecule has 0 saturated heterocycles. The van der Waals surface area contributed by atoms with Crippen LogP contribution in [0.15, 0.2) is 24.3 Å². The van der Waals surface area contributed by atoms with Crippen molar-refractivity contribution in [3.05, 3.63) is 34.4 Å². The zero-order valence-electron chi connectivity index (χ0n) is 6.88. The van der Waals surface area contributed by atoms with Gasteiger partial charge in [0.15, 0.2) is 0 Å². The van der Waals surface area contributed by atoms with Gasteiger partial charge in [0, 0.05) is 0 Å². The van der Waals surface area contributed by atoms with Gasteiger partial charge in [-0.2, -0.15) is 0 Å². The van der Waals surface area contributed by atoms with Crippen molar-refractivity contribution >= 4 is 23.9 Å². The zero-order valence-corrected chi connectivity index (χ0v) is 8.75. The van der Waals surface area contributed by atoms with E-state index >= 15 is 0 Å². The average Bonchev–Trinajstić information content (AvgIpc) is 2.03. The van der Waals surface area contributed by atoms with Gasteiger partial charge in [-0.05, 0) is 0 Å². The van der Waals surface area contributed by atoms with Gasteiger partial charge in [0.2, 0.25) is 0 Å². The van der Waals surface area contributed by atoms with Gasteiger partial charge in [0.25, 0.3) is 0 Å². The molecule has 0 amide bonds. The van der Waals surface area contributed by atoms with Crippen molar-refractivity contribution in [3.63, 3.8) is 0 Å². The number of nitro benzene ring substituents is 1. The minimum absolute atomic E-state index is 0.157. The summed E-state index contributed by atoms with van der Waals surface area (Å²) in [6.45, 7) is 0. The van der Waals surface area contributed by atoms with E-state index in [2.05, 4.69) is 0 Å². The molecule has 0 bridgehead atoms. The summed E-state index contributed by atoms with van der Waals surface area (Å²) in [5, 5.41) is 10.3. The quantitative estimate of drug-likeness (QED) is 0.461. The fraction of sp³-hybridized carbons (Fsp3) is 0.143. The predicted octanol–water partition coefficient (Wildman–Crippen LogP) is 0.297. The zero-order chi connectivity index (χ0) is 10.1. The van der Waals surface area contributed by atoms with Crippen LogP contribution in [0.5, 0.6) is 0 Å². The molecule has 0 saturated carbocycles. The second-order valence-corrected chi connectivity index (χ2v) is 7.43. The van der Waals surface area contributed by atoms with E-state index in [1.807, 2.05) is 0 Å². The molecule has 1 aromatic rings. The van der Waals surface area contributed by atoms with Gasteiger partial charge in [-0.1, -0.05) is 0 Å². The Labute approximate surface area is 77.2 Å². The topological polar surface area (TPSA) is 80.4 Å². The maximum atomic E-state index is 11.2. The molecule has 0 aromatic heterocycles. The molecule has 1 unspecified atom stereocenters. The molecular formula is C7H8AsNO4. The van der Waals surface area contributed by atoms with Crippen LogP contribution in [-0.2, 0) is 3.74 Å². The van der Waals surface area contributed by atoms with Crippen LogP contribution in [0.1, 0.15) is 0 Å². The van der Waals surface area contributed by atoms with Crippen LogP contribution < -0.4 is 4.35 Å². The molecule has 1 N–H and O–H groups in total. The van der Waals surface area contributed by atoms with E-state index in [1.165, 1.54) is 23.9 Å². The van der Waals surface area contributed by atoms with Crippen molar-refractivity contribution < 1.29 is 12.8 Å². The van der Waals surface area contributed by atoms with Crippen molar-refractivity contribution in [2.75, 3.05) is 0 Å². The van der Waals surface area contributed by atoms with E-state index in [0.717, 1.165) is 6.07 Å². The molecule has 13 heavy (non-hydrogen) atoms. The van der Waals surface area contributed by atoms with Crippen LogP contribution in [-0.4, -0.2) is 22.9 Å². The molecule has 0 aliphatic rings. The van der Waals surface area contributed by atoms with E-state index in [1.54, 1.807) is 0 Å². The van der Waals surface area contributed by atoms with Gasteiger partial charge in [0.1, 0.15) is 0 Å². The van der Waals surface area contributed by atoms with E-state index < -0.39 is 18.8 Å². The molecule has 0 spiro atoms. The fourth-order valence-electron chi connectivity index (χ4n) is 0.865. The molecular weight excluding hydrogens is 237 g/mol. The van der Waals surface area contributed by atoms with E-state index in [0.29, 0.717) is 0 Å². The van der Waals surface area contributed by atoms with Crippen LogP contribution in [0.25, 0.3) is 0 Å². The van der Waals surface area contributed by atoms with Crippen molar-refractivity contribution in [2.45, 2.75) is 5.71 Å². The Morgan fingerprint density at radius 2 is 2.15 bits per heavy atom. The molecule has 1 rings (SSSR count). The second kappa shape index (κ2) is 3.36. The van der Waals surface area contributed by atoms with E-state index in [-0.39, 0.29) is 10.0 Å². The molecule has 0 aliphatic heterocycles. The number of non-ortho nitro benzene ring substituents is 1. The molecule has 0 fully saturated rings. The van der Waals surface area contributed by atoms with Crippen molar-refractivity contribution in [1.29, 1.82) is 0 Å². The number of rotatable bonds is 2. The van der Waals surface area contributed by atoms with E-state index in [4.69, 9.17) is 0 Å². The number of hydrogen-bond donors (Lipinski definition) is 1. The first kappa shape index (κ1) is 10.0. The number of benzene rings is 1. The minimum atomic E-state index is -3.99. The molecule has 70 valence electrons. The monoisotopic (exact) mass is 245 g/mol. The fourth-order valence-corrected chi connectivity index (χ4v) is 2.41. The van der Waals surface area contributed by atoms with Gasteiger partial charge < -0.3 is 0 Å². The first-order chi connectivity index (χ1) is 5.91. The second-order valence-electron chi connectivity index (χ2n) is 2.66. The SMILES string of the molecule is C[As](=O)(O)c1cccc([N+](=O)[O-])c1.